The van der Waals surface area contributed by atoms with E-state index in [2.05, 4.69) is 5.32 Å². The second-order valence-corrected chi connectivity index (χ2v) is 9.09. The van der Waals surface area contributed by atoms with Gasteiger partial charge in [-0.25, -0.2) is 12.8 Å². The number of carbonyl (C=O) groups is 2. The molecule has 32 heavy (non-hydrogen) atoms. The molecule has 0 saturated heterocycles. The summed E-state index contributed by atoms with van der Waals surface area (Å²) in [5.74, 6) is -0.838. The van der Waals surface area contributed by atoms with Crippen molar-refractivity contribution in [1.29, 1.82) is 0 Å². The minimum atomic E-state index is -3.81. The highest BCUT2D eigenvalue weighted by atomic mass is 32.2. The van der Waals surface area contributed by atoms with Crippen molar-refractivity contribution < 1.29 is 27.1 Å². The zero-order valence-electron chi connectivity index (χ0n) is 18.5. The SMILES string of the molecule is CCNC(=O)[C@@H](C)N(Cc1ccc(F)cc1)C(=O)CN(c1ccc(OC)cc1)S(C)(=O)=O. The average molecular weight is 466 g/mol. The van der Waals surface area contributed by atoms with E-state index in [1.54, 1.807) is 26.0 Å². The molecule has 0 radical (unpaired) electrons. The van der Waals surface area contributed by atoms with E-state index in [0.29, 0.717) is 17.9 Å². The van der Waals surface area contributed by atoms with Gasteiger partial charge >= 0.3 is 0 Å². The standard InChI is InChI=1S/C22H28FN3O5S/c1-5-24-22(28)16(2)25(14-17-6-8-18(23)9-7-17)21(27)15-26(32(4,29)30)19-10-12-20(31-3)13-11-19/h6-13,16H,5,14-15H2,1-4H3,(H,24,28)/t16-/m1/s1. The minimum Gasteiger partial charge on any atom is -0.497 e. The monoisotopic (exact) mass is 465 g/mol. The number of nitrogens with one attached hydrogen (secondary N) is 1. The van der Waals surface area contributed by atoms with Crippen molar-refractivity contribution in [3.05, 3.63) is 59.9 Å². The lowest BCUT2D eigenvalue weighted by atomic mass is 10.1. The number of ether oxygens (including phenoxy) is 1. The Hall–Kier alpha value is -3.14. The summed E-state index contributed by atoms with van der Waals surface area (Å²) < 4.78 is 44.3. The van der Waals surface area contributed by atoms with Gasteiger partial charge in [0.1, 0.15) is 24.2 Å². The normalized spacial score (nSPS) is 12.0. The van der Waals surface area contributed by atoms with Crippen LogP contribution in [0.1, 0.15) is 19.4 Å². The molecule has 0 aliphatic heterocycles. The van der Waals surface area contributed by atoms with Crippen molar-refractivity contribution >= 4 is 27.5 Å². The molecule has 2 amide bonds. The number of methoxy groups -OCH3 is 1. The fourth-order valence-electron chi connectivity index (χ4n) is 3.05. The number of rotatable bonds is 10. The molecule has 0 saturated carbocycles. The van der Waals surface area contributed by atoms with E-state index in [9.17, 15) is 22.4 Å². The van der Waals surface area contributed by atoms with Crippen LogP contribution in [-0.4, -0.2) is 57.6 Å². The number of nitrogens with zero attached hydrogens (tertiary/aromatic N) is 2. The molecule has 1 atom stereocenters. The Morgan fingerprint density at radius 1 is 1.09 bits per heavy atom. The maximum atomic E-state index is 13.3. The van der Waals surface area contributed by atoms with Gasteiger partial charge in [0.05, 0.1) is 19.1 Å². The van der Waals surface area contributed by atoms with E-state index >= 15 is 0 Å². The summed E-state index contributed by atoms with van der Waals surface area (Å²) in [5, 5.41) is 2.66. The lowest BCUT2D eigenvalue weighted by Gasteiger charge is -2.31. The summed E-state index contributed by atoms with van der Waals surface area (Å²) in [5.41, 5.74) is 0.889. The predicted octanol–water partition coefficient (Wildman–Crippen LogP) is 2.15. The van der Waals surface area contributed by atoms with Gasteiger partial charge < -0.3 is 15.0 Å². The predicted molar refractivity (Wildman–Crippen MR) is 120 cm³/mol. The Bertz CT molecular complexity index is 1030. The second-order valence-electron chi connectivity index (χ2n) is 7.19. The lowest BCUT2D eigenvalue weighted by Crippen LogP contribution is -2.51. The number of hydrogen-bond acceptors (Lipinski definition) is 5. The van der Waals surface area contributed by atoms with Crippen LogP contribution in [0.4, 0.5) is 10.1 Å². The quantitative estimate of drug-likeness (QED) is 0.580. The van der Waals surface area contributed by atoms with E-state index in [1.165, 1.54) is 48.4 Å². The summed E-state index contributed by atoms with van der Waals surface area (Å²) in [7, 11) is -2.32. The first-order valence-electron chi connectivity index (χ1n) is 10.00. The van der Waals surface area contributed by atoms with Gasteiger partial charge in [-0.3, -0.25) is 13.9 Å². The van der Waals surface area contributed by atoms with Gasteiger partial charge in [0.2, 0.25) is 21.8 Å². The number of likely N-dealkylation sites (N-methyl/N-ethyl adjacent to an activating group) is 1. The molecular weight excluding hydrogens is 437 g/mol. The summed E-state index contributed by atoms with van der Waals surface area (Å²) in [4.78, 5) is 27.0. The van der Waals surface area contributed by atoms with Crippen LogP contribution in [0.5, 0.6) is 5.75 Å². The summed E-state index contributed by atoms with van der Waals surface area (Å²) >= 11 is 0. The third-order valence-electron chi connectivity index (χ3n) is 4.82. The van der Waals surface area contributed by atoms with E-state index < -0.39 is 34.3 Å². The van der Waals surface area contributed by atoms with Crippen LogP contribution in [-0.2, 0) is 26.2 Å². The number of anilines is 1. The molecule has 0 aromatic heterocycles. The Balaban J connectivity index is 2.35. The molecule has 1 N–H and O–H groups in total. The smallest absolute Gasteiger partial charge is 0.244 e. The zero-order chi connectivity index (χ0) is 23.9. The third kappa shape index (κ3) is 6.68. The average Bonchev–Trinajstić information content (AvgIpc) is 2.76. The maximum absolute atomic E-state index is 13.3. The summed E-state index contributed by atoms with van der Waals surface area (Å²) in [6.07, 6.45) is 1.00. The van der Waals surface area contributed by atoms with Crippen molar-refractivity contribution in [2.75, 3.05) is 30.8 Å². The van der Waals surface area contributed by atoms with Crippen LogP contribution in [0, 0.1) is 5.82 Å². The summed E-state index contributed by atoms with van der Waals surface area (Å²) in [6.45, 7) is 3.20. The molecule has 0 aliphatic carbocycles. The van der Waals surface area contributed by atoms with Crippen molar-refractivity contribution in [3.63, 3.8) is 0 Å². The molecule has 0 bridgehead atoms. The van der Waals surface area contributed by atoms with Crippen molar-refractivity contribution in [2.24, 2.45) is 0 Å². The van der Waals surface area contributed by atoms with Crippen molar-refractivity contribution in [1.82, 2.24) is 10.2 Å². The Kier molecular flexibility index (Phi) is 8.59. The molecule has 2 aromatic rings. The number of hydrogen-bond donors (Lipinski definition) is 1. The fourth-order valence-corrected chi connectivity index (χ4v) is 3.90. The second kappa shape index (κ2) is 10.9. The number of halogens is 1. The van der Waals surface area contributed by atoms with Crippen molar-refractivity contribution in [2.45, 2.75) is 26.4 Å². The van der Waals surface area contributed by atoms with Crippen LogP contribution < -0.4 is 14.4 Å². The Morgan fingerprint density at radius 2 is 1.69 bits per heavy atom. The van der Waals surface area contributed by atoms with Gasteiger partial charge in [0, 0.05) is 13.1 Å². The molecule has 174 valence electrons. The topological polar surface area (TPSA) is 96.0 Å². The van der Waals surface area contributed by atoms with Gasteiger partial charge in [0.15, 0.2) is 0 Å². The van der Waals surface area contributed by atoms with E-state index in [1.807, 2.05) is 0 Å². The van der Waals surface area contributed by atoms with Gasteiger partial charge in [-0.15, -0.1) is 0 Å². The van der Waals surface area contributed by atoms with E-state index in [0.717, 1.165) is 10.6 Å². The molecule has 0 fully saturated rings. The highest BCUT2D eigenvalue weighted by Crippen LogP contribution is 2.22. The Labute approximate surface area is 188 Å². The van der Waals surface area contributed by atoms with Gasteiger partial charge in [0.25, 0.3) is 0 Å². The molecule has 0 aliphatic rings. The van der Waals surface area contributed by atoms with Gasteiger partial charge in [-0.1, -0.05) is 12.1 Å². The first-order chi connectivity index (χ1) is 15.1. The van der Waals surface area contributed by atoms with Gasteiger partial charge in [-0.05, 0) is 55.8 Å². The number of carbonyl (C=O) groups excluding carboxylic acids is 2. The molecule has 8 nitrogen and oxygen atoms in total. The van der Waals surface area contributed by atoms with Gasteiger partial charge in [-0.2, -0.15) is 0 Å². The Morgan fingerprint density at radius 3 is 2.19 bits per heavy atom. The molecule has 0 spiro atoms. The number of benzene rings is 2. The highest BCUT2D eigenvalue weighted by molar-refractivity contribution is 7.92. The fraction of sp³-hybridized carbons (Fsp3) is 0.364. The highest BCUT2D eigenvalue weighted by Gasteiger charge is 2.29. The van der Waals surface area contributed by atoms with Crippen LogP contribution in [0.2, 0.25) is 0 Å². The van der Waals surface area contributed by atoms with Crippen LogP contribution in [0.25, 0.3) is 0 Å². The minimum absolute atomic E-state index is 0.0115. The largest absolute Gasteiger partial charge is 0.497 e. The zero-order valence-corrected chi connectivity index (χ0v) is 19.4. The molecule has 10 heteroatoms. The van der Waals surface area contributed by atoms with Crippen molar-refractivity contribution in [3.8, 4) is 5.75 Å². The first kappa shape index (κ1) is 25.1. The van der Waals surface area contributed by atoms with E-state index in [-0.39, 0.29) is 18.1 Å². The third-order valence-corrected chi connectivity index (χ3v) is 5.96. The molecular formula is C22H28FN3O5S. The lowest BCUT2D eigenvalue weighted by molar-refractivity contribution is -0.139. The number of sulfonamides is 1. The molecule has 2 rings (SSSR count). The molecule has 0 heterocycles. The molecule has 2 aromatic carbocycles. The number of amides is 2. The first-order valence-corrected chi connectivity index (χ1v) is 11.8. The summed E-state index contributed by atoms with van der Waals surface area (Å²) in [6, 6.07) is 10.9. The van der Waals surface area contributed by atoms with Crippen LogP contribution in [0.3, 0.4) is 0 Å². The van der Waals surface area contributed by atoms with Crippen LogP contribution in [0.15, 0.2) is 48.5 Å². The van der Waals surface area contributed by atoms with Crippen LogP contribution >= 0.6 is 0 Å². The maximum Gasteiger partial charge on any atom is 0.244 e. The molecule has 0 unspecified atom stereocenters. The van der Waals surface area contributed by atoms with E-state index in [4.69, 9.17) is 4.74 Å².